The molecule has 9 heteroatoms. The lowest BCUT2D eigenvalue weighted by atomic mass is 10.2. The Morgan fingerprint density at radius 3 is 2.38 bits per heavy atom. The van der Waals surface area contributed by atoms with Gasteiger partial charge in [-0.05, 0) is 24.3 Å². The van der Waals surface area contributed by atoms with Crippen molar-refractivity contribution in [3.8, 4) is 0 Å². The van der Waals surface area contributed by atoms with Crippen LogP contribution in [0.15, 0.2) is 34.7 Å². The van der Waals surface area contributed by atoms with Crippen LogP contribution in [0.5, 0.6) is 0 Å². The SMILES string of the molecule is CN(C)C(=O)c1ccc(NS(=O)(=O)c2cnc(Cl)s2)cc1. The van der Waals surface area contributed by atoms with Gasteiger partial charge in [0.2, 0.25) is 0 Å². The largest absolute Gasteiger partial charge is 0.345 e. The van der Waals surface area contributed by atoms with E-state index in [0.717, 1.165) is 11.3 Å². The first-order valence-corrected chi connectivity index (χ1v) is 8.43. The molecule has 0 unspecified atom stereocenters. The number of amides is 1. The summed E-state index contributed by atoms with van der Waals surface area (Å²) in [5.41, 5.74) is 0.832. The summed E-state index contributed by atoms with van der Waals surface area (Å²) in [6, 6.07) is 6.16. The average Bonchev–Trinajstić information content (AvgIpc) is 2.86. The van der Waals surface area contributed by atoms with E-state index in [4.69, 9.17) is 11.6 Å². The first-order chi connectivity index (χ1) is 9.79. The zero-order chi connectivity index (χ0) is 15.6. The maximum absolute atomic E-state index is 12.1. The number of rotatable bonds is 4. The predicted octanol–water partition coefficient (Wildman–Crippen LogP) is 2.30. The van der Waals surface area contributed by atoms with E-state index in [9.17, 15) is 13.2 Å². The van der Waals surface area contributed by atoms with Crippen LogP contribution in [0.1, 0.15) is 10.4 Å². The number of hydrogen-bond donors (Lipinski definition) is 1. The first-order valence-electron chi connectivity index (χ1n) is 5.75. The van der Waals surface area contributed by atoms with Crippen molar-refractivity contribution in [2.45, 2.75) is 4.21 Å². The van der Waals surface area contributed by atoms with Crippen LogP contribution in [0.2, 0.25) is 4.47 Å². The maximum atomic E-state index is 12.1. The third-order valence-electron chi connectivity index (χ3n) is 2.51. The molecule has 1 aromatic heterocycles. The third kappa shape index (κ3) is 3.72. The van der Waals surface area contributed by atoms with Gasteiger partial charge in [0.25, 0.3) is 15.9 Å². The number of nitrogens with one attached hydrogen (secondary N) is 1. The van der Waals surface area contributed by atoms with E-state index in [0.29, 0.717) is 11.3 Å². The van der Waals surface area contributed by atoms with Crippen LogP contribution in [-0.4, -0.2) is 38.3 Å². The Kier molecular flexibility index (Phi) is 4.50. The van der Waals surface area contributed by atoms with E-state index < -0.39 is 10.0 Å². The Morgan fingerprint density at radius 1 is 1.29 bits per heavy atom. The molecule has 0 aliphatic heterocycles. The van der Waals surface area contributed by atoms with E-state index in [2.05, 4.69) is 9.71 Å². The highest BCUT2D eigenvalue weighted by molar-refractivity contribution is 7.94. The fourth-order valence-electron chi connectivity index (χ4n) is 1.51. The highest BCUT2D eigenvalue weighted by atomic mass is 35.5. The topological polar surface area (TPSA) is 79.4 Å². The molecule has 0 atom stereocenters. The summed E-state index contributed by atoms with van der Waals surface area (Å²) in [7, 11) is -0.425. The zero-order valence-electron chi connectivity index (χ0n) is 11.2. The summed E-state index contributed by atoms with van der Waals surface area (Å²) in [4.78, 5) is 16.9. The van der Waals surface area contributed by atoms with Crippen molar-refractivity contribution >= 4 is 44.6 Å². The van der Waals surface area contributed by atoms with Crippen LogP contribution in [0.3, 0.4) is 0 Å². The molecule has 0 fully saturated rings. The number of carbonyl (C=O) groups excluding carboxylic acids is 1. The molecule has 0 aliphatic carbocycles. The number of anilines is 1. The summed E-state index contributed by atoms with van der Waals surface area (Å²) >= 11 is 6.50. The van der Waals surface area contributed by atoms with Crippen molar-refractivity contribution in [1.82, 2.24) is 9.88 Å². The number of thiazole rings is 1. The zero-order valence-corrected chi connectivity index (χ0v) is 13.6. The molecule has 6 nitrogen and oxygen atoms in total. The van der Waals surface area contributed by atoms with Crippen LogP contribution < -0.4 is 4.72 Å². The van der Waals surface area contributed by atoms with Crippen LogP contribution in [-0.2, 0) is 10.0 Å². The molecule has 2 rings (SSSR count). The lowest BCUT2D eigenvalue weighted by Gasteiger charge is -2.11. The van der Waals surface area contributed by atoms with Gasteiger partial charge in [0, 0.05) is 25.3 Å². The maximum Gasteiger partial charge on any atom is 0.273 e. The van der Waals surface area contributed by atoms with Crippen molar-refractivity contribution in [2.24, 2.45) is 0 Å². The lowest BCUT2D eigenvalue weighted by molar-refractivity contribution is 0.0827. The van der Waals surface area contributed by atoms with Gasteiger partial charge in [-0.15, -0.1) is 0 Å². The summed E-state index contributed by atoms with van der Waals surface area (Å²) in [5, 5.41) is 0. The van der Waals surface area contributed by atoms with Gasteiger partial charge in [-0.3, -0.25) is 9.52 Å². The molecule has 0 aliphatic rings. The Morgan fingerprint density at radius 2 is 1.90 bits per heavy atom. The molecular formula is C12H12ClN3O3S2. The average molecular weight is 346 g/mol. The van der Waals surface area contributed by atoms with E-state index in [-0.39, 0.29) is 14.6 Å². The second-order valence-electron chi connectivity index (χ2n) is 4.31. The minimum atomic E-state index is -3.72. The van der Waals surface area contributed by atoms with Crippen LogP contribution >= 0.6 is 22.9 Å². The second kappa shape index (κ2) is 6.00. The smallest absolute Gasteiger partial charge is 0.273 e. The Bertz CT molecular complexity index is 754. The number of sulfonamides is 1. The summed E-state index contributed by atoms with van der Waals surface area (Å²) in [6.07, 6.45) is 1.19. The minimum Gasteiger partial charge on any atom is -0.345 e. The summed E-state index contributed by atoms with van der Waals surface area (Å²) < 4.78 is 26.7. The molecule has 112 valence electrons. The fourth-order valence-corrected chi connectivity index (χ4v) is 3.86. The number of aromatic nitrogens is 1. The van der Waals surface area contributed by atoms with Crippen molar-refractivity contribution in [1.29, 1.82) is 0 Å². The molecular weight excluding hydrogens is 334 g/mol. The van der Waals surface area contributed by atoms with Gasteiger partial charge >= 0.3 is 0 Å². The molecule has 0 spiro atoms. The van der Waals surface area contributed by atoms with Gasteiger partial charge in [-0.2, -0.15) is 0 Å². The monoisotopic (exact) mass is 345 g/mol. The molecule has 0 bridgehead atoms. The third-order valence-corrected chi connectivity index (χ3v) is 5.47. The van der Waals surface area contributed by atoms with Gasteiger partial charge in [0.05, 0.1) is 6.20 Å². The number of hydrogen-bond acceptors (Lipinski definition) is 5. The van der Waals surface area contributed by atoms with Gasteiger partial charge in [-0.25, -0.2) is 13.4 Å². The van der Waals surface area contributed by atoms with Gasteiger partial charge in [-0.1, -0.05) is 22.9 Å². The number of carbonyl (C=O) groups is 1. The minimum absolute atomic E-state index is 0.0287. The van der Waals surface area contributed by atoms with Gasteiger partial charge < -0.3 is 4.90 Å². The highest BCUT2D eigenvalue weighted by Gasteiger charge is 2.18. The van der Waals surface area contributed by atoms with Crippen LogP contribution in [0, 0.1) is 0 Å². The Hall–Kier alpha value is -1.64. The van der Waals surface area contributed by atoms with Crippen molar-refractivity contribution in [2.75, 3.05) is 18.8 Å². The molecule has 0 saturated heterocycles. The van der Waals surface area contributed by atoms with E-state index in [1.54, 1.807) is 26.2 Å². The molecule has 1 heterocycles. The number of benzene rings is 1. The highest BCUT2D eigenvalue weighted by Crippen LogP contribution is 2.24. The lowest BCUT2D eigenvalue weighted by Crippen LogP contribution is -2.21. The molecule has 0 radical (unpaired) electrons. The van der Waals surface area contributed by atoms with Gasteiger partial charge in [0.15, 0.2) is 8.68 Å². The molecule has 1 amide bonds. The molecule has 1 N–H and O–H groups in total. The fraction of sp³-hybridized carbons (Fsp3) is 0.167. The van der Waals surface area contributed by atoms with E-state index >= 15 is 0 Å². The summed E-state index contributed by atoms with van der Waals surface area (Å²) in [6.45, 7) is 0. The summed E-state index contributed by atoms with van der Waals surface area (Å²) in [5.74, 6) is -0.154. The quantitative estimate of drug-likeness (QED) is 0.922. The van der Waals surface area contributed by atoms with E-state index in [1.807, 2.05) is 0 Å². The molecule has 21 heavy (non-hydrogen) atoms. The van der Waals surface area contributed by atoms with Gasteiger partial charge in [0.1, 0.15) is 0 Å². The predicted molar refractivity (Wildman–Crippen MR) is 82.4 cm³/mol. The Labute approximate surface area is 131 Å². The number of halogens is 1. The van der Waals surface area contributed by atoms with Crippen LogP contribution in [0.25, 0.3) is 0 Å². The molecule has 1 aromatic carbocycles. The molecule has 2 aromatic rings. The van der Waals surface area contributed by atoms with Crippen molar-refractivity contribution in [3.05, 3.63) is 40.5 Å². The molecule has 0 saturated carbocycles. The number of nitrogens with zero attached hydrogens (tertiary/aromatic N) is 2. The first kappa shape index (κ1) is 15.7. The van der Waals surface area contributed by atoms with Crippen LogP contribution in [0.4, 0.5) is 5.69 Å². The second-order valence-corrected chi connectivity index (χ2v) is 7.84. The Balaban J connectivity index is 2.19. The van der Waals surface area contributed by atoms with Crippen molar-refractivity contribution in [3.63, 3.8) is 0 Å². The normalized spacial score (nSPS) is 11.2. The van der Waals surface area contributed by atoms with Crippen molar-refractivity contribution < 1.29 is 13.2 Å². The van der Waals surface area contributed by atoms with E-state index in [1.165, 1.54) is 23.2 Å². The standard InChI is InChI=1S/C12H12ClN3O3S2/c1-16(2)11(17)8-3-5-9(6-4-8)15-21(18,19)10-7-14-12(13)20-10/h3-7,15H,1-2H3.